The zero-order valence-corrected chi connectivity index (χ0v) is 17.3. The van der Waals surface area contributed by atoms with Crippen molar-refractivity contribution < 1.29 is 23.1 Å². The minimum absolute atomic E-state index is 0.0108. The molecule has 0 spiro atoms. The number of methoxy groups -OCH3 is 1. The van der Waals surface area contributed by atoms with E-state index in [0.717, 1.165) is 0 Å². The minimum Gasteiger partial charge on any atom is -0.508 e. The lowest BCUT2D eigenvalue weighted by Gasteiger charge is -2.18. The van der Waals surface area contributed by atoms with Gasteiger partial charge in [0.15, 0.2) is 0 Å². The lowest BCUT2D eigenvalue weighted by Crippen LogP contribution is -2.22. The van der Waals surface area contributed by atoms with Gasteiger partial charge in [-0.05, 0) is 54.6 Å². The second kappa shape index (κ2) is 8.08. The highest BCUT2D eigenvalue weighted by Crippen LogP contribution is 2.26. The van der Waals surface area contributed by atoms with Crippen LogP contribution in [0.2, 0.25) is 0 Å². The summed E-state index contributed by atoms with van der Waals surface area (Å²) >= 11 is 0. The number of ether oxygens (including phenoxy) is 1. The Bertz CT molecular complexity index is 1310. The second-order valence-corrected chi connectivity index (χ2v) is 8.34. The largest absolute Gasteiger partial charge is 0.508 e. The fourth-order valence-corrected chi connectivity index (χ4v) is 4.12. The molecule has 1 aliphatic rings. The molecule has 0 atom stereocenters. The van der Waals surface area contributed by atoms with Crippen molar-refractivity contribution in [2.75, 3.05) is 12.4 Å². The van der Waals surface area contributed by atoms with Gasteiger partial charge >= 0.3 is 0 Å². The number of ketones is 1. The van der Waals surface area contributed by atoms with Crippen LogP contribution in [0.15, 0.2) is 93.9 Å². The third kappa shape index (κ3) is 4.19. The lowest BCUT2D eigenvalue weighted by molar-refractivity contribution is 0.103. The number of Topliss-reactive ketones (excluding diaryl/α,β-unsaturated/α-hetero) is 1. The Kier molecular flexibility index (Phi) is 5.31. The summed E-state index contributed by atoms with van der Waals surface area (Å²) in [6.45, 7) is 0. The number of carbonyl (C=O) groups excluding carboxylic acids is 1. The van der Waals surface area contributed by atoms with E-state index >= 15 is 0 Å². The van der Waals surface area contributed by atoms with Crippen LogP contribution in [0.3, 0.4) is 0 Å². The van der Waals surface area contributed by atoms with E-state index in [-0.39, 0.29) is 27.8 Å². The van der Waals surface area contributed by atoms with Gasteiger partial charge in [0.2, 0.25) is 5.78 Å². The molecule has 0 heterocycles. The van der Waals surface area contributed by atoms with E-state index in [1.54, 1.807) is 48.5 Å². The highest BCUT2D eigenvalue weighted by molar-refractivity contribution is 7.90. The molecule has 4 rings (SSSR count). The zero-order chi connectivity index (χ0) is 22.0. The van der Waals surface area contributed by atoms with Crippen molar-refractivity contribution in [3.05, 3.63) is 95.7 Å². The van der Waals surface area contributed by atoms with Gasteiger partial charge in [0, 0.05) is 16.8 Å². The molecule has 0 aliphatic heterocycles. The predicted molar refractivity (Wildman–Crippen MR) is 117 cm³/mol. The van der Waals surface area contributed by atoms with Gasteiger partial charge in [0.1, 0.15) is 11.5 Å². The molecule has 0 radical (unpaired) electrons. The maximum Gasteiger partial charge on any atom is 0.282 e. The summed E-state index contributed by atoms with van der Waals surface area (Å²) in [5.74, 6) is 0.331. The van der Waals surface area contributed by atoms with Crippen LogP contribution in [0.4, 0.5) is 5.69 Å². The van der Waals surface area contributed by atoms with Gasteiger partial charge in [-0.1, -0.05) is 24.3 Å². The summed E-state index contributed by atoms with van der Waals surface area (Å²) in [6, 6.07) is 18.8. The first-order chi connectivity index (χ1) is 14.9. The van der Waals surface area contributed by atoms with Gasteiger partial charge < -0.3 is 15.2 Å². The van der Waals surface area contributed by atoms with Crippen LogP contribution in [0.5, 0.6) is 11.5 Å². The van der Waals surface area contributed by atoms with Gasteiger partial charge in [-0.15, -0.1) is 0 Å². The maximum absolute atomic E-state index is 12.9. The third-order valence-corrected chi connectivity index (χ3v) is 6.00. The van der Waals surface area contributed by atoms with Crippen molar-refractivity contribution >= 4 is 27.2 Å². The molecule has 0 bridgehead atoms. The monoisotopic (exact) mass is 434 g/mol. The number of nitrogens with zero attached hydrogens (tertiary/aromatic N) is 1. The number of rotatable bonds is 5. The average molecular weight is 434 g/mol. The Hall–Kier alpha value is -3.91. The standard InChI is InChI=1S/C23H18N2O5S/c1-30-17-10-12-18(13-11-17)31(28,29)25-21-14-22(24-15-6-8-16(26)9-7-15)23(27)20-5-3-2-4-19(20)21/h2-14,24,26H,1H3/b25-21+. The Balaban J connectivity index is 1.78. The van der Waals surface area contributed by atoms with E-state index in [9.17, 15) is 18.3 Å². The Morgan fingerprint density at radius 2 is 1.55 bits per heavy atom. The molecule has 3 aromatic rings. The van der Waals surface area contributed by atoms with Gasteiger partial charge in [0.05, 0.1) is 23.4 Å². The van der Waals surface area contributed by atoms with Gasteiger partial charge in [0.25, 0.3) is 10.0 Å². The van der Waals surface area contributed by atoms with Crippen LogP contribution in [-0.2, 0) is 10.0 Å². The van der Waals surface area contributed by atoms with Crippen LogP contribution in [-0.4, -0.2) is 32.1 Å². The van der Waals surface area contributed by atoms with Crippen molar-refractivity contribution in [1.82, 2.24) is 0 Å². The van der Waals surface area contributed by atoms with Crippen molar-refractivity contribution in [2.24, 2.45) is 4.40 Å². The van der Waals surface area contributed by atoms with Crippen LogP contribution < -0.4 is 10.1 Å². The first-order valence-electron chi connectivity index (χ1n) is 9.28. The quantitative estimate of drug-likeness (QED) is 0.592. The van der Waals surface area contributed by atoms with Crippen molar-refractivity contribution in [1.29, 1.82) is 0 Å². The molecule has 31 heavy (non-hydrogen) atoms. The summed E-state index contributed by atoms with van der Waals surface area (Å²) in [6.07, 6.45) is 1.42. The molecule has 0 saturated heterocycles. The number of aromatic hydroxyl groups is 1. The van der Waals surface area contributed by atoms with Gasteiger partial charge in [-0.3, -0.25) is 4.79 Å². The normalized spacial score (nSPS) is 14.7. The van der Waals surface area contributed by atoms with Gasteiger partial charge in [-0.2, -0.15) is 12.8 Å². The molecule has 7 nitrogen and oxygen atoms in total. The van der Waals surface area contributed by atoms with Crippen molar-refractivity contribution in [3.63, 3.8) is 0 Å². The first kappa shape index (κ1) is 20.4. The maximum atomic E-state index is 12.9. The number of sulfonamides is 1. The summed E-state index contributed by atoms with van der Waals surface area (Å²) < 4.78 is 34.9. The summed E-state index contributed by atoms with van der Waals surface area (Å²) in [4.78, 5) is 13.0. The summed E-state index contributed by atoms with van der Waals surface area (Å²) in [5, 5.41) is 12.4. The lowest BCUT2D eigenvalue weighted by atomic mass is 9.92. The van der Waals surface area contributed by atoms with Crippen LogP contribution in [0.1, 0.15) is 15.9 Å². The minimum atomic E-state index is -4.03. The number of allylic oxidation sites excluding steroid dienone is 2. The summed E-state index contributed by atoms with van der Waals surface area (Å²) in [5.41, 5.74) is 1.66. The highest BCUT2D eigenvalue weighted by Gasteiger charge is 2.26. The first-order valence-corrected chi connectivity index (χ1v) is 10.7. The van der Waals surface area contributed by atoms with Gasteiger partial charge in [-0.25, -0.2) is 0 Å². The molecule has 3 aromatic carbocycles. The average Bonchev–Trinajstić information content (AvgIpc) is 2.78. The number of anilines is 1. The van der Waals surface area contributed by atoms with E-state index in [2.05, 4.69) is 9.71 Å². The SMILES string of the molecule is COc1ccc(S(=O)(=O)/N=C2\C=C(Nc3ccc(O)cc3)C(=O)c3ccccc32)cc1. The number of phenolic OH excluding ortho intramolecular Hbond substituents is 1. The van der Waals surface area contributed by atoms with Crippen LogP contribution in [0.25, 0.3) is 0 Å². The number of nitrogens with one attached hydrogen (secondary N) is 1. The van der Waals surface area contributed by atoms with Crippen molar-refractivity contribution in [2.45, 2.75) is 4.90 Å². The smallest absolute Gasteiger partial charge is 0.282 e. The van der Waals surface area contributed by atoms with Crippen molar-refractivity contribution in [3.8, 4) is 11.5 Å². The fourth-order valence-electron chi connectivity index (χ4n) is 3.13. The molecular weight excluding hydrogens is 416 g/mol. The van der Waals surface area contributed by atoms with Crippen LogP contribution in [0, 0.1) is 0 Å². The van der Waals surface area contributed by atoms with Crippen LogP contribution >= 0.6 is 0 Å². The topological polar surface area (TPSA) is 105 Å². The number of fused-ring (bicyclic) bond motifs is 1. The molecule has 2 N–H and O–H groups in total. The van der Waals surface area contributed by atoms with E-state index in [1.165, 1.54) is 37.5 Å². The zero-order valence-electron chi connectivity index (χ0n) is 16.4. The van der Waals surface area contributed by atoms with E-state index in [0.29, 0.717) is 22.6 Å². The van der Waals surface area contributed by atoms with E-state index < -0.39 is 10.0 Å². The molecule has 8 heteroatoms. The second-order valence-electron chi connectivity index (χ2n) is 6.73. The fraction of sp³-hybridized carbons (Fsp3) is 0.0435. The van der Waals surface area contributed by atoms with E-state index in [4.69, 9.17) is 4.74 Å². The molecule has 0 aromatic heterocycles. The molecular formula is C23H18N2O5S. The molecule has 1 aliphatic carbocycles. The Morgan fingerprint density at radius 1 is 0.903 bits per heavy atom. The number of benzene rings is 3. The Morgan fingerprint density at radius 3 is 2.19 bits per heavy atom. The number of hydrogen-bond acceptors (Lipinski definition) is 6. The molecule has 0 unspecified atom stereocenters. The molecule has 0 fully saturated rings. The third-order valence-electron chi connectivity index (χ3n) is 4.70. The number of carbonyl (C=O) groups is 1. The molecule has 0 saturated carbocycles. The number of hydrogen-bond donors (Lipinski definition) is 2. The number of phenols is 1. The Labute approximate surface area is 179 Å². The molecule has 156 valence electrons. The predicted octanol–water partition coefficient (Wildman–Crippen LogP) is 3.77. The molecule has 0 amide bonds. The highest BCUT2D eigenvalue weighted by atomic mass is 32.2. The van der Waals surface area contributed by atoms with E-state index in [1.807, 2.05) is 0 Å². The summed E-state index contributed by atoms with van der Waals surface area (Å²) in [7, 11) is -2.54.